The standard InChI is InChI=1S/C13H20N2O5/c1-8(2)20-13(18)15-9-7-12(19-3)10(6-11(9)17)14-4-5-16/h6-8,14,16-17H,4-5H2,1-3H3,(H,15,18). The molecule has 0 saturated carbocycles. The first-order chi connectivity index (χ1) is 9.47. The summed E-state index contributed by atoms with van der Waals surface area (Å²) in [5.41, 5.74) is 0.698. The lowest BCUT2D eigenvalue weighted by Gasteiger charge is -2.15. The van der Waals surface area contributed by atoms with Gasteiger partial charge in [-0.3, -0.25) is 5.32 Å². The van der Waals surface area contributed by atoms with Crippen LogP contribution in [0.4, 0.5) is 16.2 Å². The summed E-state index contributed by atoms with van der Waals surface area (Å²) < 4.78 is 10.1. The van der Waals surface area contributed by atoms with E-state index in [0.29, 0.717) is 18.0 Å². The van der Waals surface area contributed by atoms with Crippen molar-refractivity contribution in [3.63, 3.8) is 0 Å². The van der Waals surface area contributed by atoms with Crippen LogP contribution in [-0.4, -0.2) is 42.7 Å². The maximum absolute atomic E-state index is 11.5. The van der Waals surface area contributed by atoms with E-state index in [2.05, 4.69) is 10.6 Å². The van der Waals surface area contributed by atoms with Gasteiger partial charge in [-0.1, -0.05) is 0 Å². The molecule has 1 aromatic carbocycles. The van der Waals surface area contributed by atoms with E-state index in [0.717, 1.165) is 0 Å². The van der Waals surface area contributed by atoms with Gasteiger partial charge in [-0.05, 0) is 13.8 Å². The second-order valence-corrected chi connectivity index (χ2v) is 4.30. The van der Waals surface area contributed by atoms with Gasteiger partial charge in [-0.15, -0.1) is 0 Å². The fourth-order valence-corrected chi connectivity index (χ4v) is 1.52. The third kappa shape index (κ3) is 4.51. The van der Waals surface area contributed by atoms with E-state index >= 15 is 0 Å². The number of anilines is 2. The Balaban J connectivity index is 2.90. The van der Waals surface area contributed by atoms with E-state index < -0.39 is 6.09 Å². The molecule has 0 bridgehead atoms. The molecule has 0 fully saturated rings. The van der Waals surface area contributed by atoms with Crippen LogP contribution in [0.3, 0.4) is 0 Å². The summed E-state index contributed by atoms with van der Waals surface area (Å²) in [5.74, 6) is 0.294. The lowest BCUT2D eigenvalue weighted by atomic mass is 10.2. The molecule has 1 rings (SSSR count). The van der Waals surface area contributed by atoms with Gasteiger partial charge in [-0.25, -0.2) is 4.79 Å². The SMILES string of the molecule is COc1cc(NC(=O)OC(C)C)c(O)cc1NCCO. The zero-order valence-corrected chi connectivity index (χ0v) is 11.8. The molecule has 0 aliphatic heterocycles. The van der Waals surface area contributed by atoms with Crippen LogP contribution in [0.25, 0.3) is 0 Å². The summed E-state index contributed by atoms with van der Waals surface area (Å²) in [5, 5.41) is 24.0. The van der Waals surface area contributed by atoms with Crippen molar-refractivity contribution in [1.82, 2.24) is 0 Å². The minimum absolute atomic E-state index is 0.0510. The van der Waals surface area contributed by atoms with Gasteiger partial charge in [0.05, 0.1) is 31.2 Å². The summed E-state index contributed by atoms with van der Waals surface area (Å²) in [4.78, 5) is 11.5. The van der Waals surface area contributed by atoms with Crippen LogP contribution in [0.1, 0.15) is 13.8 Å². The number of carbonyl (C=O) groups excluding carboxylic acids is 1. The van der Waals surface area contributed by atoms with Gasteiger partial charge in [0.25, 0.3) is 0 Å². The van der Waals surface area contributed by atoms with Crippen LogP contribution in [0.5, 0.6) is 11.5 Å². The van der Waals surface area contributed by atoms with Gasteiger partial charge < -0.3 is 25.0 Å². The minimum Gasteiger partial charge on any atom is -0.506 e. The number of hydrogen-bond acceptors (Lipinski definition) is 6. The molecule has 112 valence electrons. The van der Waals surface area contributed by atoms with Gasteiger partial charge in [-0.2, -0.15) is 0 Å². The number of hydrogen-bond donors (Lipinski definition) is 4. The Hall–Kier alpha value is -2.15. The molecule has 20 heavy (non-hydrogen) atoms. The van der Waals surface area contributed by atoms with Crippen LogP contribution in [0, 0.1) is 0 Å². The van der Waals surface area contributed by atoms with Gasteiger partial charge in [0.15, 0.2) is 0 Å². The van der Waals surface area contributed by atoms with Crippen molar-refractivity contribution in [3.05, 3.63) is 12.1 Å². The summed E-state index contributed by atoms with van der Waals surface area (Å²) in [6.45, 7) is 3.71. The molecule has 7 heteroatoms. The lowest BCUT2D eigenvalue weighted by molar-refractivity contribution is 0.130. The Morgan fingerprint density at radius 3 is 2.60 bits per heavy atom. The Kier molecular flexibility index (Phi) is 5.92. The van der Waals surface area contributed by atoms with Crippen molar-refractivity contribution in [1.29, 1.82) is 0 Å². The summed E-state index contributed by atoms with van der Waals surface area (Å²) in [6.07, 6.45) is -0.919. The largest absolute Gasteiger partial charge is 0.506 e. The fourth-order valence-electron chi connectivity index (χ4n) is 1.52. The van der Waals surface area contributed by atoms with Gasteiger partial charge >= 0.3 is 6.09 Å². The highest BCUT2D eigenvalue weighted by atomic mass is 16.6. The molecular weight excluding hydrogens is 264 g/mol. The van der Waals surface area contributed by atoms with Crippen molar-refractivity contribution in [3.8, 4) is 11.5 Å². The quantitative estimate of drug-likeness (QED) is 0.594. The molecule has 4 N–H and O–H groups in total. The van der Waals surface area contributed by atoms with Crippen LogP contribution in [-0.2, 0) is 4.74 Å². The molecule has 7 nitrogen and oxygen atoms in total. The number of aromatic hydroxyl groups is 1. The third-order valence-corrected chi connectivity index (χ3v) is 2.32. The van der Waals surface area contributed by atoms with Crippen LogP contribution < -0.4 is 15.4 Å². The first-order valence-electron chi connectivity index (χ1n) is 6.21. The number of amides is 1. The molecule has 0 saturated heterocycles. The highest BCUT2D eigenvalue weighted by molar-refractivity contribution is 5.88. The van der Waals surface area contributed by atoms with Crippen molar-refractivity contribution in [2.75, 3.05) is 30.9 Å². The summed E-state index contributed by atoms with van der Waals surface area (Å²) in [6, 6.07) is 2.87. The number of ether oxygens (including phenoxy) is 2. The zero-order valence-electron chi connectivity index (χ0n) is 11.8. The smallest absolute Gasteiger partial charge is 0.411 e. The predicted octanol–water partition coefficient (Wildman–Crippen LogP) is 1.76. The summed E-state index contributed by atoms with van der Waals surface area (Å²) in [7, 11) is 1.47. The Bertz CT molecular complexity index is 462. The van der Waals surface area contributed by atoms with Crippen LogP contribution in [0.2, 0.25) is 0 Å². The fraction of sp³-hybridized carbons (Fsp3) is 0.462. The number of methoxy groups -OCH3 is 1. The molecule has 0 aliphatic carbocycles. The minimum atomic E-state index is -0.659. The number of aliphatic hydroxyl groups excluding tert-OH is 1. The molecule has 1 aromatic rings. The van der Waals surface area contributed by atoms with Crippen molar-refractivity contribution < 1.29 is 24.5 Å². The molecule has 0 heterocycles. The Morgan fingerprint density at radius 2 is 2.05 bits per heavy atom. The van der Waals surface area contributed by atoms with E-state index in [1.165, 1.54) is 19.2 Å². The van der Waals surface area contributed by atoms with Gasteiger partial charge in [0.2, 0.25) is 0 Å². The van der Waals surface area contributed by atoms with E-state index in [9.17, 15) is 9.90 Å². The first-order valence-corrected chi connectivity index (χ1v) is 6.21. The van der Waals surface area contributed by atoms with Crippen LogP contribution in [0.15, 0.2) is 12.1 Å². The number of phenols is 1. The topological polar surface area (TPSA) is 100 Å². The lowest BCUT2D eigenvalue weighted by Crippen LogP contribution is -2.18. The maximum atomic E-state index is 11.5. The highest BCUT2D eigenvalue weighted by Gasteiger charge is 2.13. The third-order valence-electron chi connectivity index (χ3n) is 2.32. The molecule has 0 aliphatic rings. The zero-order chi connectivity index (χ0) is 15.1. The first kappa shape index (κ1) is 15.9. The van der Waals surface area contributed by atoms with E-state index in [1.54, 1.807) is 13.8 Å². The number of nitrogens with one attached hydrogen (secondary N) is 2. The maximum Gasteiger partial charge on any atom is 0.411 e. The van der Waals surface area contributed by atoms with Crippen molar-refractivity contribution >= 4 is 17.5 Å². The monoisotopic (exact) mass is 284 g/mol. The Morgan fingerprint density at radius 1 is 1.35 bits per heavy atom. The highest BCUT2D eigenvalue weighted by Crippen LogP contribution is 2.35. The molecule has 0 atom stereocenters. The molecule has 0 spiro atoms. The molecule has 0 radical (unpaired) electrons. The number of phenolic OH excluding ortho intramolecular Hbond substituents is 1. The summed E-state index contributed by atoms with van der Waals surface area (Å²) >= 11 is 0. The molecule has 1 amide bonds. The predicted molar refractivity (Wildman–Crippen MR) is 75.5 cm³/mol. The second kappa shape index (κ2) is 7.44. The van der Waals surface area contributed by atoms with Crippen molar-refractivity contribution in [2.24, 2.45) is 0 Å². The molecule has 0 unspecified atom stereocenters. The van der Waals surface area contributed by atoms with Gasteiger partial charge in [0, 0.05) is 18.7 Å². The number of aliphatic hydroxyl groups is 1. The Labute approximate surface area is 117 Å². The van der Waals surface area contributed by atoms with E-state index in [4.69, 9.17) is 14.6 Å². The van der Waals surface area contributed by atoms with Gasteiger partial charge in [0.1, 0.15) is 11.5 Å². The number of carbonyl (C=O) groups is 1. The number of benzene rings is 1. The normalized spacial score (nSPS) is 10.2. The molecule has 0 aromatic heterocycles. The van der Waals surface area contributed by atoms with E-state index in [1.807, 2.05) is 0 Å². The average molecular weight is 284 g/mol. The molecular formula is C13H20N2O5. The second-order valence-electron chi connectivity index (χ2n) is 4.30. The average Bonchev–Trinajstić information content (AvgIpc) is 2.37. The van der Waals surface area contributed by atoms with Crippen molar-refractivity contribution in [2.45, 2.75) is 20.0 Å². The number of rotatable bonds is 6. The van der Waals surface area contributed by atoms with E-state index in [-0.39, 0.29) is 24.1 Å². The van der Waals surface area contributed by atoms with Crippen LogP contribution >= 0.6 is 0 Å².